The van der Waals surface area contributed by atoms with Crippen molar-refractivity contribution in [2.45, 2.75) is 38.1 Å². The monoisotopic (exact) mass is 173 g/mol. The lowest BCUT2D eigenvalue weighted by Gasteiger charge is -2.27. The lowest BCUT2D eigenvalue weighted by molar-refractivity contribution is 0.274. The Bertz CT molecular complexity index is 102. The zero-order valence-corrected chi connectivity index (χ0v) is 8.20. The molecule has 0 aromatic carbocycles. The Morgan fingerprint density at radius 3 is 2.73 bits per heavy atom. The topological polar surface area (TPSA) is 26.0 Å². The maximum absolute atomic E-state index is 5.96. The van der Waals surface area contributed by atoms with Crippen molar-refractivity contribution in [1.29, 1.82) is 0 Å². The molecule has 2 heteroatoms. The molecule has 66 valence electrons. The molecule has 2 N–H and O–H groups in total. The van der Waals surface area contributed by atoms with Crippen molar-refractivity contribution in [1.82, 2.24) is 0 Å². The molecule has 1 aliphatic rings. The van der Waals surface area contributed by atoms with E-state index >= 15 is 0 Å². The first kappa shape index (κ1) is 9.40. The predicted octanol–water partition coefficient (Wildman–Crippen LogP) is 2.26. The summed E-state index contributed by atoms with van der Waals surface area (Å²) in [5.41, 5.74) is 5.96. The summed E-state index contributed by atoms with van der Waals surface area (Å²) in [4.78, 5) is 0. The molecule has 1 nitrogen and oxygen atoms in total. The van der Waals surface area contributed by atoms with Gasteiger partial charge in [0.15, 0.2) is 0 Å². The van der Waals surface area contributed by atoms with Crippen molar-refractivity contribution < 1.29 is 0 Å². The Morgan fingerprint density at radius 1 is 1.55 bits per heavy atom. The normalized spacial score (nSPS) is 21.3. The van der Waals surface area contributed by atoms with E-state index in [0.717, 1.165) is 5.92 Å². The Hall–Kier alpha value is 0.310. The van der Waals surface area contributed by atoms with E-state index in [-0.39, 0.29) is 0 Å². The van der Waals surface area contributed by atoms with Crippen molar-refractivity contribution in [3.63, 3.8) is 0 Å². The summed E-state index contributed by atoms with van der Waals surface area (Å²) in [6.07, 6.45) is 8.95. The highest BCUT2D eigenvalue weighted by Crippen LogP contribution is 2.30. The molecule has 0 saturated heterocycles. The lowest BCUT2D eigenvalue weighted by Crippen LogP contribution is -2.27. The lowest BCUT2D eigenvalue weighted by atomic mass is 9.80. The molecule has 0 amide bonds. The average Bonchev–Trinajstić information content (AvgIpc) is 1.93. The summed E-state index contributed by atoms with van der Waals surface area (Å²) >= 11 is 1.90. The minimum Gasteiger partial charge on any atom is -0.328 e. The molecule has 0 radical (unpaired) electrons. The second-order valence-corrected chi connectivity index (χ2v) is 4.56. The van der Waals surface area contributed by atoms with Crippen LogP contribution in [0.3, 0.4) is 0 Å². The number of nitrogens with two attached hydrogens (primary N) is 1. The van der Waals surface area contributed by atoms with Crippen LogP contribution in [0.1, 0.15) is 32.1 Å². The predicted molar refractivity (Wildman–Crippen MR) is 52.9 cm³/mol. The van der Waals surface area contributed by atoms with Gasteiger partial charge in [0.2, 0.25) is 0 Å². The maximum Gasteiger partial charge on any atom is 0.00493 e. The second kappa shape index (κ2) is 5.04. The van der Waals surface area contributed by atoms with E-state index in [2.05, 4.69) is 6.26 Å². The van der Waals surface area contributed by atoms with Gasteiger partial charge in [0, 0.05) is 6.04 Å². The summed E-state index contributed by atoms with van der Waals surface area (Å²) < 4.78 is 0. The molecule has 0 aromatic rings. The van der Waals surface area contributed by atoms with Crippen LogP contribution < -0.4 is 5.73 Å². The van der Waals surface area contributed by atoms with Crippen LogP contribution in [0.2, 0.25) is 0 Å². The van der Waals surface area contributed by atoms with E-state index in [0.29, 0.717) is 6.04 Å². The number of hydrogen-bond acceptors (Lipinski definition) is 2. The van der Waals surface area contributed by atoms with Crippen LogP contribution in [0.4, 0.5) is 0 Å². The maximum atomic E-state index is 5.96. The largest absolute Gasteiger partial charge is 0.328 e. The summed E-state index contributed by atoms with van der Waals surface area (Å²) in [6, 6.07) is 0.479. The van der Waals surface area contributed by atoms with Gasteiger partial charge in [-0.25, -0.2) is 0 Å². The van der Waals surface area contributed by atoms with Gasteiger partial charge < -0.3 is 5.73 Å². The third-order valence-corrected chi connectivity index (χ3v) is 3.20. The van der Waals surface area contributed by atoms with Crippen molar-refractivity contribution >= 4 is 11.8 Å². The van der Waals surface area contributed by atoms with Gasteiger partial charge in [-0.15, -0.1) is 0 Å². The van der Waals surface area contributed by atoms with Gasteiger partial charge in [0.1, 0.15) is 0 Å². The molecule has 1 atom stereocenters. The SMILES string of the molecule is CSCCC(N)CC1CCC1. The average molecular weight is 173 g/mol. The van der Waals surface area contributed by atoms with Crippen LogP contribution >= 0.6 is 11.8 Å². The molecule has 1 rings (SSSR count). The van der Waals surface area contributed by atoms with Crippen molar-refractivity contribution in [2.75, 3.05) is 12.0 Å². The molecule has 1 saturated carbocycles. The fraction of sp³-hybridized carbons (Fsp3) is 1.00. The molecule has 0 aliphatic heterocycles. The van der Waals surface area contributed by atoms with E-state index in [4.69, 9.17) is 5.73 Å². The van der Waals surface area contributed by atoms with Gasteiger partial charge >= 0.3 is 0 Å². The quantitative estimate of drug-likeness (QED) is 0.690. The summed E-state index contributed by atoms with van der Waals surface area (Å²) in [7, 11) is 0. The molecule has 1 aliphatic carbocycles. The minimum absolute atomic E-state index is 0.479. The molecular weight excluding hydrogens is 154 g/mol. The zero-order chi connectivity index (χ0) is 8.10. The third-order valence-electron chi connectivity index (χ3n) is 2.55. The first-order valence-electron chi connectivity index (χ1n) is 4.57. The molecule has 0 bridgehead atoms. The van der Waals surface area contributed by atoms with Crippen molar-refractivity contribution in [2.24, 2.45) is 11.7 Å². The highest BCUT2D eigenvalue weighted by molar-refractivity contribution is 7.98. The minimum atomic E-state index is 0.479. The molecule has 1 unspecified atom stereocenters. The Morgan fingerprint density at radius 2 is 2.27 bits per heavy atom. The van der Waals surface area contributed by atoms with Crippen molar-refractivity contribution in [3.05, 3.63) is 0 Å². The first-order valence-corrected chi connectivity index (χ1v) is 5.97. The summed E-state index contributed by atoms with van der Waals surface area (Å²) in [5.74, 6) is 2.21. The van der Waals surface area contributed by atoms with Crippen LogP contribution in [0.25, 0.3) is 0 Å². The van der Waals surface area contributed by atoms with Crippen LogP contribution in [0, 0.1) is 5.92 Å². The van der Waals surface area contributed by atoms with Crippen LogP contribution in [-0.4, -0.2) is 18.1 Å². The van der Waals surface area contributed by atoms with E-state index in [1.807, 2.05) is 11.8 Å². The number of rotatable bonds is 5. The molecule has 0 spiro atoms. The number of hydrogen-bond donors (Lipinski definition) is 1. The Labute approximate surface area is 74.1 Å². The van der Waals surface area contributed by atoms with Gasteiger partial charge in [-0.2, -0.15) is 11.8 Å². The van der Waals surface area contributed by atoms with Gasteiger partial charge in [-0.1, -0.05) is 19.3 Å². The molecule has 0 aromatic heterocycles. The molecule has 11 heavy (non-hydrogen) atoms. The van der Waals surface area contributed by atoms with Gasteiger partial charge in [-0.05, 0) is 30.8 Å². The van der Waals surface area contributed by atoms with Crippen molar-refractivity contribution in [3.8, 4) is 0 Å². The van der Waals surface area contributed by atoms with Gasteiger partial charge in [0.25, 0.3) is 0 Å². The summed E-state index contributed by atoms with van der Waals surface area (Å²) in [6.45, 7) is 0. The third kappa shape index (κ3) is 3.48. The fourth-order valence-corrected chi connectivity index (χ4v) is 2.08. The highest BCUT2D eigenvalue weighted by atomic mass is 32.2. The van der Waals surface area contributed by atoms with E-state index < -0.39 is 0 Å². The zero-order valence-electron chi connectivity index (χ0n) is 7.38. The first-order chi connectivity index (χ1) is 5.33. The number of thioether (sulfide) groups is 1. The Balaban J connectivity index is 1.95. The second-order valence-electron chi connectivity index (χ2n) is 3.57. The van der Waals surface area contributed by atoms with E-state index in [9.17, 15) is 0 Å². The summed E-state index contributed by atoms with van der Waals surface area (Å²) in [5, 5.41) is 0. The van der Waals surface area contributed by atoms with Crippen LogP contribution in [0.15, 0.2) is 0 Å². The van der Waals surface area contributed by atoms with Crippen LogP contribution in [0.5, 0.6) is 0 Å². The standard InChI is InChI=1S/C9H19NS/c1-11-6-5-9(10)7-8-3-2-4-8/h8-9H,2-7,10H2,1H3. The Kier molecular flexibility index (Phi) is 4.31. The smallest absolute Gasteiger partial charge is 0.00493 e. The van der Waals surface area contributed by atoms with E-state index in [1.165, 1.54) is 37.9 Å². The molecule has 0 heterocycles. The fourth-order valence-electron chi connectivity index (χ4n) is 1.54. The van der Waals surface area contributed by atoms with Gasteiger partial charge in [-0.3, -0.25) is 0 Å². The highest BCUT2D eigenvalue weighted by Gasteiger charge is 2.19. The molecular formula is C9H19NS. The molecule has 1 fully saturated rings. The van der Waals surface area contributed by atoms with Gasteiger partial charge in [0.05, 0.1) is 0 Å². The van der Waals surface area contributed by atoms with E-state index in [1.54, 1.807) is 0 Å². The van der Waals surface area contributed by atoms with Crippen LogP contribution in [-0.2, 0) is 0 Å².